The van der Waals surface area contributed by atoms with E-state index in [1.807, 2.05) is 24.2 Å². The molecule has 0 fully saturated rings. The number of nitrogens with one attached hydrogen (secondary N) is 1. The van der Waals surface area contributed by atoms with Gasteiger partial charge in [0, 0.05) is 35.4 Å². The number of hydrogen-bond donors (Lipinski definition) is 2. The van der Waals surface area contributed by atoms with Crippen molar-refractivity contribution in [1.82, 2.24) is 5.06 Å². The third kappa shape index (κ3) is 7.90. The Labute approximate surface area is 190 Å². The summed E-state index contributed by atoms with van der Waals surface area (Å²) in [7, 11) is 1.97. The van der Waals surface area contributed by atoms with Crippen LogP contribution in [0.15, 0.2) is 24.3 Å². The molecule has 5 heteroatoms. The molecule has 1 rings (SSSR count). The lowest BCUT2D eigenvalue weighted by Gasteiger charge is -2.44. The predicted molar refractivity (Wildman–Crippen MR) is 132 cm³/mol. The van der Waals surface area contributed by atoms with Crippen LogP contribution >= 0.6 is 12.6 Å². The Morgan fingerprint density at radius 3 is 1.97 bits per heavy atom. The summed E-state index contributed by atoms with van der Waals surface area (Å²) in [5.41, 5.74) is 1.25. The molecule has 4 nitrogen and oxygen atoms in total. The molecule has 1 amide bonds. The zero-order valence-electron chi connectivity index (χ0n) is 21.0. The molecule has 1 aromatic carbocycles. The molecule has 0 aromatic heterocycles. The molecule has 0 aliphatic rings. The van der Waals surface area contributed by atoms with Gasteiger partial charge in [-0.2, -0.15) is 17.7 Å². The van der Waals surface area contributed by atoms with Crippen LogP contribution in [0.5, 0.6) is 0 Å². The topological polar surface area (TPSA) is 41.6 Å². The zero-order chi connectivity index (χ0) is 23.5. The molecule has 0 aliphatic heterocycles. The normalized spacial score (nSPS) is 13.8. The number of rotatable bonds is 10. The Balaban J connectivity index is 2.86. The number of hydroxylamine groups is 2. The molecule has 1 N–H and O–H groups in total. The minimum atomic E-state index is -0.402. The number of benzene rings is 1. The zero-order valence-corrected chi connectivity index (χ0v) is 21.9. The lowest BCUT2D eigenvalue weighted by atomic mass is 9.72. The number of hydrogen-bond acceptors (Lipinski definition) is 4. The first kappa shape index (κ1) is 27.0. The largest absolute Gasteiger partial charge is 0.326 e. The molecular formula is C25H44N2O2S. The van der Waals surface area contributed by atoms with Crippen LogP contribution in [0, 0.1) is 5.41 Å². The maximum absolute atomic E-state index is 12.6. The highest BCUT2D eigenvalue weighted by molar-refractivity contribution is 7.81. The van der Waals surface area contributed by atoms with Crippen molar-refractivity contribution in [3.8, 4) is 0 Å². The van der Waals surface area contributed by atoms with E-state index in [0.29, 0.717) is 12.5 Å². The van der Waals surface area contributed by atoms with Crippen molar-refractivity contribution >= 4 is 24.2 Å². The van der Waals surface area contributed by atoms with Crippen molar-refractivity contribution in [2.75, 3.05) is 12.4 Å². The van der Waals surface area contributed by atoms with Gasteiger partial charge in [0.05, 0.1) is 5.60 Å². The van der Waals surface area contributed by atoms with Gasteiger partial charge in [0.2, 0.25) is 5.91 Å². The van der Waals surface area contributed by atoms with Gasteiger partial charge in [0.25, 0.3) is 0 Å². The van der Waals surface area contributed by atoms with E-state index in [0.717, 1.165) is 12.1 Å². The highest BCUT2D eigenvalue weighted by Crippen LogP contribution is 2.39. The third-order valence-corrected chi connectivity index (χ3v) is 6.20. The Bertz CT molecular complexity index is 701. The Hall–Kier alpha value is -1.04. The van der Waals surface area contributed by atoms with E-state index in [1.165, 1.54) is 5.56 Å². The molecule has 0 unspecified atom stereocenters. The molecule has 1 aromatic rings. The van der Waals surface area contributed by atoms with E-state index >= 15 is 0 Å². The van der Waals surface area contributed by atoms with Crippen LogP contribution in [0.4, 0.5) is 5.69 Å². The second kappa shape index (κ2) is 9.62. The Morgan fingerprint density at radius 1 is 1.03 bits per heavy atom. The van der Waals surface area contributed by atoms with Crippen LogP contribution in [0.25, 0.3) is 0 Å². The fourth-order valence-corrected chi connectivity index (χ4v) is 4.20. The lowest BCUT2D eigenvalue weighted by molar-refractivity contribution is -0.255. The first-order valence-corrected chi connectivity index (χ1v) is 11.4. The second-order valence-electron chi connectivity index (χ2n) is 11.3. The Kier molecular flexibility index (Phi) is 8.66. The molecule has 0 heterocycles. The highest BCUT2D eigenvalue weighted by atomic mass is 32.1. The maximum Gasteiger partial charge on any atom is 0.224 e. The SMILES string of the molecule is CC(C)N(C)OC(C)(C)C(C)(C)c1ccc(NC(=O)CC(C)(C)CC(C)(C)S)cc1. The van der Waals surface area contributed by atoms with Crippen LogP contribution in [0.1, 0.15) is 87.6 Å². The summed E-state index contributed by atoms with van der Waals surface area (Å²) in [6.45, 7) is 21.2. The number of carbonyl (C=O) groups is 1. The molecule has 0 aliphatic carbocycles. The van der Waals surface area contributed by atoms with Gasteiger partial charge in [0.15, 0.2) is 0 Å². The predicted octanol–water partition coefficient (Wildman–Crippen LogP) is 6.47. The summed E-state index contributed by atoms with van der Waals surface area (Å²) >= 11 is 4.62. The van der Waals surface area contributed by atoms with Crippen LogP contribution in [0.2, 0.25) is 0 Å². The smallest absolute Gasteiger partial charge is 0.224 e. The summed E-state index contributed by atoms with van der Waals surface area (Å²) < 4.78 is -0.102. The number of amides is 1. The van der Waals surface area contributed by atoms with E-state index in [1.54, 1.807) is 0 Å². The fraction of sp³-hybridized carbons (Fsp3) is 0.720. The standard InChI is InChI=1S/C25H44N2O2S/c1-18(2)27(11)29-25(9,10)24(7,8)19-12-14-20(15-13-19)26-21(28)16-22(3,4)17-23(5,6)30/h12-15,18,30H,16-17H2,1-11H3,(H,26,28). The van der Waals surface area contributed by atoms with Crippen LogP contribution in [-0.2, 0) is 15.0 Å². The fourth-order valence-electron chi connectivity index (χ4n) is 3.77. The minimum absolute atomic E-state index is 0.0341. The average Bonchev–Trinajstić information content (AvgIpc) is 2.51. The van der Waals surface area contributed by atoms with Crippen molar-refractivity contribution in [2.45, 2.75) is 104 Å². The van der Waals surface area contributed by atoms with Crippen molar-refractivity contribution in [3.05, 3.63) is 29.8 Å². The monoisotopic (exact) mass is 436 g/mol. The van der Waals surface area contributed by atoms with E-state index in [9.17, 15) is 4.79 Å². The highest BCUT2D eigenvalue weighted by Gasteiger charge is 2.41. The Morgan fingerprint density at radius 2 is 1.53 bits per heavy atom. The molecule has 30 heavy (non-hydrogen) atoms. The van der Waals surface area contributed by atoms with Gasteiger partial charge in [0.1, 0.15) is 0 Å². The average molecular weight is 437 g/mol. The number of anilines is 1. The van der Waals surface area contributed by atoms with Gasteiger partial charge in [-0.15, -0.1) is 0 Å². The molecule has 0 radical (unpaired) electrons. The van der Waals surface area contributed by atoms with Gasteiger partial charge >= 0.3 is 0 Å². The van der Waals surface area contributed by atoms with E-state index in [2.05, 4.69) is 99.3 Å². The van der Waals surface area contributed by atoms with Gasteiger partial charge in [-0.1, -0.05) is 53.7 Å². The van der Waals surface area contributed by atoms with Gasteiger partial charge in [-0.05, 0) is 57.2 Å². The van der Waals surface area contributed by atoms with E-state index < -0.39 is 5.60 Å². The van der Waals surface area contributed by atoms with Gasteiger partial charge in [-0.25, -0.2) is 0 Å². The molecule has 0 spiro atoms. The maximum atomic E-state index is 12.6. The number of nitrogens with zero attached hydrogens (tertiary/aromatic N) is 1. The van der Waals surface area contributed by atoms with Crippen molar-refractivity contribution < 1.29 is 9.63 Å². The van der Waals surface area contributed by atoms with Crippen molar-refractivity contribution in [2.24, 2.45) is 5.41 Å². The molecule has 0 saturated carbocycles. The summed E-state index contributed by atoms with van der Waals surface area (Å²) in [4.78, 5) is 18.8. The molecule has 0 saturated heterocycles. The number of carbonyl (C=O) groups excluding carboxylic acids is 1. The van der Waals surface area contributed by atoms with Gasteiger partial charge in [-0.3, -0.25) is 9.63 Å². The summed E-state index contributed by atoms with van der Waals surface area (Å²) in [5.74, 6) is 0.0341. The molecular weight excluding hydrogens is 392 g/mol. The van der Waals surface area contributed by atoms with Crippen molar-refractivity contribution in [1.29, 1.82) is 0 Å². The van der Waals surface area contributed by atoms with Crippen LogP contribution in [0.3, 0.4) is 0 Å². The van der Waals surface area contributed by atoms with Crippen LogP contribution in [-0.4, -0.2) is 34.4 Å². The van der Waals surface area contributed by atoms with Crippen LogP contribution < -0.4 is 5.32 Å². The first-order valence-electron chi connectivity index (χ1n) is 10.9. The van der Waals surface area contributed by atoms with Gasteiger partial charge < -0.3 is 5.32 Å². The summed E-state index contributed by atoms with van der Waals surface area (Å²) in [6, 6.07) is 8.42. The summed E-state index contributed by atoms with van der Waals surface area (Å²) in [6.07, 6.45) is 1.33. The third-order valence-electron chi connectivity index (χ3n) is 6.05. The molecule has 172 valence electrons. The second-order valence-corrected chi connectivity index (χ2v) is 12.5. The number of thiol groups is 1. The molecule has 0 bridgehead atoms. The molecule has 0 atom stereocenters. The first-order chi connectivity index (χ1) is 13.4. The van der Waals surface area contributed by atoms with E-state index in [4.69, 9.17) is 4.84 Å². The van der Waals surface area contributed by atoms with Crippen molar-refractivity contribution in [3.63, 3.8) is 0 Å². The minimum Gasteiger partial charge on any atom is -0.326 e. The lowest BCUT2D eigenvalue weighted by Crippen LogP contribution is -2.49. The quantitative estimate of drug-likeness (QED) is 0.326. The summed E-state index contributed by atoms with van der Waals surface area (Å²) in [5, 5.41) is 4.95. The van der Waals surface area contributed by atoms with E-state index in [-0.39, 0.29) is 21.5 Å².